The van der Waals surface area contributed by atoms with Crippen LogP contribution < -0.4 is 5.73 Å². The van der Waals surface area contributed by atoms with E-state index in [0.29, 0.717) is 23.8 Å². The Balaban J connectivity index is 2.13. The highest BCUT2D eigenvalue weighted by Gasteiger charge is 2.27. The Morgan fingerprint density at radius 2 is 2.31 bits per heavy atom. The molecule has 2 N–H and O–H groups in total. The third-order valence-electron chi connectivity index (χ3n) is 3.07. The predicted octanol–water partition coefficient (Wildman–Crippen LogP) is 1.40. The number of hydrogen-bond donors (Lipinski definition) is 1. The van der Waals surface area contributed by atoms with Crippen LogP contribution in [0.15, 0.2) is 16.7 Å². The summed E-state index contributed by atoms with van der Waals surface area (Å²) in [7, 11) is 0. The molecule has 1 aliphatic rings. The first-order valence-electron chi connectivity index (χ1n) is 5.67. The van der Waals surface area contributed by atoms with Crippen LogP contribution in [0.2, 0.25) is 0 Å². The molecule has 16 heavy (non-hydrogen) atoms. The van der Waals surface area contributed by atoms with E-state index in [0.717, 1.165) is 13.0 Å². The standard InChI is InChI=1S/C12H18N2O2/c1-8-5-10(13)7-14(6-8)12(15)11-3-4-16-9(11)2/h3-4,8,10H,5-7,13H2,1-2H3. The minimum Gasteiger partial charge on any atom is -0.469 e. The third kappa shape index (κ3) is 2.11. The summed E-state index contributed by atoms with van der Waals surface area (Å²) in [6.07, 6.45) is 2.55. The van der Waals surface area contributed by atoms with Gasteiger partial charge in [0, 0.05) is 19.1 Å². The molecule has 0 aromatic carbocycles. The van der Waals surface area contributed by atoms with Crippen molar-refractivity contribution in [2.24, 2.45) is 11.7 Å². The fourth-order valence-corrected chi connectivity index (χ4v) is 2.34. The maximum absolute atomic E-state index is 12.2. The fourth-order valence-electron chi connectivity index (χ4n) is 2.34. The predicted molar refractivity (Wildman–Crippen MR) is 61.1 cm³/mol. The number of nitrogens with zero attached hydrogens (tertiary/aromatic N) is 1. The number of rotatable bonds is 1. The molecule has 4 nitrogen and oxygen atoms in total. The van der Waals surface area contributed by atoms with Gasteiger partial charge in [-0.3, -0.25) is 4.79 Å². The van der Waals surface area contributed by atoms with Gasteiger partial charge in [-0.2, -0.15) is 0 Å². The quantitative estimate of drug-likeness (QED) is 0.781. The first kappa shape index (κ1) is 11.2. The van der Waals surface area contributed by atoms with Crippen molar-refractivity contribution in [2.75, 3.05) is 13.1 Å². The molecule has 0 aliphatic carbocycles. The number of amides is 1. The summed E-state index contributed by atoms with van der Waals surface area (Å²) in [4.78, 5) is 14.0. The highest BCUT2D eigenvalue weighted by atomic mass is 16.3. The monoisotopic (exact) mass is 222 g/mol. The van der Waals surface area contributed by atoms with Crippen molar-refractivity contribution in [2.45, 2.75) is 26.3 Å². The first-order valence-corrected chi connectivity index (χ1v) is 5.67. The van der Waals surface area contributed by atoms with Crippen LogP contribution >= 0.6 is 0 Å². The van der Waals surface area contributed by atoms with E-state index in [9.17, 15) is 4.79 Å². The molecule has 1 aromatic heterocycles. The van der Waals surface area contributed by atoms with Gasteiger partial charge >= 0.3 is 0 Å². The molecule has 1 fully saturated rings. The summed E-state index contributed by atoms with van der Waals surface area (Å²) >= 11 is 0. The highest BCUT2D eigenvalue weighted by molar-refractivity contribution is 5.95. The number of carbonyl (C=O) groups is 1. The highest BCUT2D eigenvalue weighted by Crippen LogP contribution is 2.19. The second-order valence-corrected chi connectivity index (χ2v) is 4.70. The van der Waals surface area contributed by atoms with Crippen LogP contribution in [0, 0.1) is 12.8 Å². The molecule has 2 atom stereocenters. The van der Waals surface area contributed by atoms with Gasteiger partial charge in [-0.05, 0) is 25.3 Å². The van der Waals surface area contributed by atoms with Gasteiger partial charge in [-0.15, -0.1) is 0 Å². The molecule has 1 aromatic rings. The number of piperidine rings is 1. The maximum atomic E-state index is 12.2. The summed E-state index contributed by atoms with van der Waals surface area (Å²) in [5, 5.41) is 0. The summed E-state index contributed by atoms with van der Waals surface area (Å²) in [5.74, 6) is 1.19. The average Bonchev–Trinajstić information content (AvgIpc) is 2.62. The first-order chi connectivity index (χ1) is 7.58. The molecule has 2 heterocycles. The minimum absolute atomic E-state index is 0.0354. The van der Waals surface area contributed by atoms with Gasteiger partial charge in [0.15, 0.2) is 0 Å². The SMILES string of the molecule is Cc1occc1C(=O)N1CC(C)CC(N)C1. The van der Waals surface area contributed by atoms with Gasteiger partial charge in [0.05, 0.1) is 11.8 Å². The molecule has 2 rings (SSSR count). The van der Waals surface area contributed by atoms with Gasteiger partial charge in [0.25, 0.3) is 5.91 Å². The molecular weight excluding hydrogens is 204 g/mol. The fraction of sp³-hybridized carbons (Fsp3) is 0.583. The van der Waals surface area contributed by atoms with Crippen molar-refractivity contribution >= 4 is 5.91 Å². The van der Waals surface area contributed by atoms with Crippen LogP contribution in [0.5, 0.6) is 0 Å². The van der Waals surface area contributed by atoms with Crippen molar-refractivity contribution in [3.63, 3.8) is 0 Å². The average molecular weight is 222 g/mol. The van der Waals surface area contributed by atoms with Crippen molar-refractivity contribution in [3.05, 3.63) is 23.7 Å². The zero-order valence-electron chi connectivity index (χ0n) is 9.77. The van der Waals surface area contributed by atoms with Gasteiger partial charge in [0.1, 0.15) is 5.76 Å². The smallest absolute Gasteiger partial charge is 0.257 e. The molecule has 0 bridgehead atoms. The normalized spacial score (nSPS) is 25.8. The molecular formula is C12H18N2O2. The molecule has 1 aliphatic heterocycles. The van der Waals surface area contributed by atoms with Crippen LogP contribution in [0.25, 0.3) is 0 Å². The Morgan fingerprint density at radius 3 is 2.88 bits per heavy atom. The topological polar surface area (TPSA) is 59.5 Å². The number of aryl methyl sites for hydroxylation is 1. The number of likely N-dealkylation sites (tertiary alicyclic amines) is 1. The molecule has 0 saturated carbocycles. The lowest BCUT2D eigenvalue weighted by atomic mass is 9.96. The Morgan fingerprint density at radius 1 is 1.56 bits per heavy atom. The Hall–Kier alpha value is -1.29. The molecule has 1 amide bonds. The van der Waals surface area contributed by atoms with E-state index < -0.39 is 0 Å². The van der Waals surface area contributed by atoms with E-state index in [1.165, 1.54) is 0 Å². The Bertz CT molecular complexity index is 376. The van der Waals surface area contributed by atoms with Crippen molar-refractivity contribution in [3.8, 4) is 0 Å². The summed E-state index contributed by atoms with van der Waals surface area (Å²) in [6.45, 7) is 5.37. The van der Waals surface area contributed by atoms with Crippen molar-refractivity contribution < 1.29 is 9.21 Å². The second kappa shape index (κ2) is 4.29. The van der Waals surface area contributed by atoms with Gasteiger partial charge in [-0.1, -0.05) is 6.92 Å². The van der Waals surface area contributed by atoms with E-state index in [1.54, 1.807) is 19.3 Å². The molecule has 1 saturated heterocycles. The van der Waals surface area contributed by atoms with E-state index in [1.807, 2.05) is 4.90 Å². The number of furan rings is 1. The maximum Gasteiger partial charge on any atom is 0.257 e. The zero-order valence-corrected chi connectivity index (χ0v) is 9.77. The summed E-state index contributed by atoms with van der Waals surface area (Å²) in [6, 6.07) is 1.82. The van der Waals surface area contributed by atoms with Gasteiger partial charge in [-0.25, -0.2) is 0 Å². The van der Waals surface area contributed by atoms with E-state index in [2.05, 4.69) is 6.92 Å². The second-order valence-electron chi connectivity index (χ2n) is 4.70. The van der Waals surface area contributed by atoms with E-state index in [-0.39, 0.29) is 11.9 Å². The number of hydrogen-bond acceptors (Lipinski definition) is 3. The summed E-state index contributed by atoms with van der Waals surface area (Å²) in [5.41, 5.74) is 6.58. The van der Waals surface area contributed by atoms with Crippen LogP contribution in [-0.2, 0) is 0 Å². The van der Waals surface area contributed by atoms with Crippen LogP contribution in [0.4, 0.5) is 0 Å². The third-order valence-corrected chi connectivity index (χ3v) is 3.07. The molecule has 4 heteroatoms. The van der Waals surface area contributed by atoms with Crippen molar-refractivity contribution in [1.29, 1.82) is 0 Å². The van der Waals surface area contributed by atoms with E-state index in [4.69, 9.17) is 10.2 Å². The zero-order chi connectivity index (χ0) is 11.7. The Kier molecular flexibility index (Phi) is 3.01. The van der Waals surface area contributed by atoms with Crippen LogP contribution in [0.3, 0.4) is 0 Å². The lowest BCUT2D eigenvalue weighted by Gasteiger charge is -2.34. The van der Waals surface area contributed by atoms with Gasteiger partial charge < -0.3 is 15.1 Å². The molecule has 0 radical (unpaired) electrons. The van der Waals surface area contributed by atoms with Crippen LogP contribution in [-0.4, -0.2) is 29.9 Å². The van der Waals surface area contributed by atoms with Gasteiger partial charge in [0.2, 0.25) is 0 Å². The molecule has 2 unspecified atom stereocenters. The van der Waals surface area contributed by atoms with Crippen molar-refractivity contribution in [1.82, 2.24) is 4.90 Å². The minimum atomic E-state index is 0.0354. The van der Waals surface area contributed by atoms with Crippen LogP contribution in [0.1, 0.15) is 29.5 Å². The molecule has 0 spiro atoms. The number of carbonyl (C=O) groups excluding carboxylic acids is 1. The summed E-state index contributed by atoms with van der Waals surface area (Å²) < 4.78 is 5.15. The lowest BCUT2D eigenvalue weighted by Crippen LogP contribution is -2.48. The van der Waals surface area contributed by atoms with E-state index >= 15 is 0 Å². The Labute approximate surface area is 95.4 Å². The molecule has 88 valence electrons. The number of nitrogens with two attached hydrogens (primary N) is 1. The largest absolute Gasteiger partial charge is 0.469 e. The lowest BCUT2D eigenvalue weighted by molar-refractivity contribution is 0.0659.